The lowest BCUT2D eigenvalue weighted by Gasteiger charge is -2.40. The third-order valence-corrected chi connectivity index (χ3v) is 5.77. The first-order valence-electron chi connectivity index (χ1n) is 10.2. The Morgan fingerprint density at radius 1 is 1.44 bits per heavy atom. The summed E-state index contributed by atoms with van der Waals surface area (Å²) in [5.74, 6) is -0.866. The van der Waals surface area contributed by atoms with Crippen LogP contribution in [-0.2, 0) is 0 Å². The molecule has 164 valence electrons. The smallest absolute Gasteiger partial charge is 0.337 e. The van der Waals surface area contributed by atoms with E-state index in [2.05, 4.69) is 10.3 Å². The number of anilines is 2. The molecule has 9 heteroatoms. The van der Waals surface area contributed by atoms with Crippen molar-refractivity contribution < 1.29 is 14.3 Å². The fourth-order valence-electron chi connectivity index (χ4n) is 4.01. The van der Waals surface area contributed by atoms with Gasteiger partial charge in [-0.3, -0.25) is 9.20 Å². The van der Waals surface area contributed by atoms with Gasteiger partial charge in [0.15, 0.2) is 11.4 Å². The van der Waals surface area contributed by atoms with E-state index in [0.717, 1.165) is 5.56 Å². The minimum Gasteiger partial charge on any atom is -0.478 e. The van der Waals surface area contributed by atoms with Crippen molar-refractivity contribution >= 4 is 23.1 Å². The molecular formula is C23H22FN5O3. The second-order valence-electron chi connectivity index (χ2n) is 7.90. The molecule has 1 saturated heterocycles. The Labute approximate surface area is 183 Å². The largest absolute Gasteiger partial charge is 0.478 e. The molecule has 0 radical (unpaired) electrons. The van der Waals surface area contributed by atoms with E-state index >= 15 is 0 Å². The van der Waals surface area contributed by atoms with Crippen molar-refractivity contribution in [3.05, 3.63) is 69.1 Å². The number of carbonyl (C=O) groups is 1. The highest BCUT2D eigenvalue weighted by atomic mass is 19.1. The SMILES string of the molecule is Cc1cc(C(C)Nc2ccccc2C(=O)O)c2nc(N3CC[C@@H]3CF)c(C#N)c(=O)n2c1. The molecule has 3 aromatic rings. The summed E-state index contributed by atoms with van der Waals surface area (Å²) in [6, 6.07) is 9.54. The van der Waals surface area contributed by atoms with Crippen molar-refractivity contribution in [2.24, 2.45) is 0 Å². The number of halogens is 1. The predicted octanol–water partition coefficient (Wildman–Crippen LogP) is 3.29. The van der Waals surface area contributed by atoms with Crippen LogP contribution in [0.1, 0.15) is 46.4 Å². The van der Waals surface area contributed by atoms with E-state index in [4.69, 9.17) is 0 Å². The van der Waals surface area contributed by atoms with Gasteiger partial charge in [-0.2, -0.15) is 5.26 Å². The molecule has 0 amide bonds. The topological polar surface area (TPSA) is 111 Å². The minimum absolute atomic E-state index is 0.117. The van der Waals surface area contributed by atoms with E-state index in [0.29, 0.717) is 29.9 Å². The second-order valence-corrected chi connectivity index (χ2v) is 7.90. The van der Waals surface area contributed by atoms with Gasteiger partial charge in [-0.05, 0) is 44.0 Å². The van der Waals surface area contributed by atoms with Crippen LogP contribution in [0.2, 0.25) is 0 Å². The Bertz CT molecular complexity index is 1310. The van der Waals surface area contributed by atoms with Crippen LogP contribution in [0, 0.1) is 18.3 Å². The van der Waals surface area contributed by atoms with Crippen LogP contribution in [-0.4, -0.2) is 39.7 Å². The lowest BCUT2D eigenvalue weighted by molar-refractivity contribution is 0.0698. The third-order valence-electron chi connectivity index (χ3n) is 5.77. The number of fused-ring (bicyclic) bond motifs is 1. The van der Waals surface area contributed by atoms with Crippen molar-refractivity contribution in [3.63, 3.8) is 0 Å². The number of carboxylic acid groups (broad SMARTS) is 1. The number of carboxylic acids is 1. The maximum absolute atomic E-state index is 13.3. The summed E-state index contributed by atoms with van der Waals surface area (Å²) in [6.45, 7) is 3.59. The summed E-state index contributed by atoms with van der Waals surface area (Å²) in [6.07, 6.45) is 2.24. The first-order chi connectivity index (χ1) is 15.3. The van der Waals surface area contributed by atoms with Crippen molar-refractivity contribution in [3.8, 4) is 6.07 Å². The first kappa shape index (κ1) is 21.3. The van der Waals surface area contributed by atoms with E-state index in [1.165, 1.54) is 10.5 Å². The molecule has 2 N–H and O–H groups in total. The molecule has 2 atom stereocenters. The normalized spacial score (nSPS) is 16.3. The van der Waals surface area contributed by atoms with Crippen LogP contribution in [0.3, 0.4) is 0 Å². The van der Waals surface area contributed by atoms with Crippen LogP contribution in [0.25, 0.3) is 5.65 Å². The zero-order chi connectivity index (χ0) is 23.0. The van der Waals surface area contributed by atoms with Gasteiger partial charge in [0, 0.05) is 24.0 Å². The average Bonchev–Trinajstić information content (AvgIpc) is 2.74. The molecule has 0 saturated carbocycles. The lowest BCUT2D eigenvalue weighted by Crippen LogP contribution is -2.50. The molecule has 1 unspecified atom stereocenters. The molecule has 32 heavy (non-hydrogen) atoms. The highest BCUT2D eigenvalue weighted by Gasteiger charge is 2.32. The number of aryl methyl sites for hydroxylation is 1. The Morgan fingerprint density at radius 2 is 2.19 bits per heavy atom. The van der Waals surface area contributed by atoms with Gasteiger partial charge in [-0.25, -0.2) is 14.2 Å². The summed E-state index contributed by atoms with van der Waals surface area (Å²) in [4.78, 5) is 31.0. The summed E-state index contributed by atoms with van der Waals surface area (Å²) < 4.78 is 14.7. The number of rotatable bonds is 6. The number of para-hydroxylation sites is 1. The summed E-state index contributed by atoms with van der Waals surface area (Å²) in [5.41, 5.74) is 1.70. The van der Waals surface area contributed by atoms with Crippen molar-refractivity contribution in [2.45, 2.75) is 32.4 Å². The Balaban J connectivity index is 1.87. The van der Waals surface area contributed by atoms with Gasteiger partial charge in [0.25, 0.3) is 5.56 Å². The zero-order valence-electron chi connectivity index (χ0n) is 17.7. The molecule has 0 aliphatic carbocycles. The summed E-state index contributed by atoms with van der Waals surface area (Å²) >= 11 is 0. The first-order valence-corrected chi connectivity index (χ1v) is 10.2. The predicted molar refractivity (Wildman–Crippen MR) is 118 cm³/mol. The molecule has 1 fully saturated rings. The fourth-order valence-corrected chi connectivity index (χ4v) is 4.01. The van der Waals surface area contributed by atoms with E-state index in [-0.39, 0.29) is 16.9 Å². The maximum atomic E-state index is 13.3. The van der Waals surface area contributed by atoms with Gasteiger partial charge < -0.3 is 15.3 Å². The van der Waals surface area contributed by atoms with Gasteiger partial charge >= 0.3 is 5.97 Å². The number of hydrogen-bond acceptors (Lipinski definition) is 6. The molecule has 1 aliphatic rings. The Hall–Kier alpha value is -3.93. The van der Waals surface area contributed by atoms with Gasteiger partial charge in [-0.15, -0.1) is 0 Å². The number of pyridine rings is 1. The van der Waals surface area contributed by atoms with Crippen LogP contribution < -0.4 is 15.8 Å². The molecule has 0 bridgehead atoms. The average molecular weight is 435 g/mol. The number of hydrogen-bond donors (Lipinski definition) is 2. The van der Waals surface area contributed by atoms with Crippen LogP contribution in [0.4, 0.5) is 15.9 Å². The fraction of sp³-hybridized carbons (Fsp3) is 0.304. The standard InChI is InChI=1S/C23H22FN5O3/c1-13-9-17(14(2)26-19-6-4-3-5-16(19)23(31)32)20-27-21(28-8-7-15(28)10-24)18(11-25)22(30)29(20)12-13/h3-6,9,12,14-15,26H,7-8,10H2,1-2H3,(H,31,32)/t14?,15-/m1/s1. The number of aromatic nitrogens is 2. The summed E-state index contributed by atoms with van der Waals surface area (Å²) in [5, 5.41) is 22.3. The molecule has 1 aliphatic heterocycles. The monoisotopic (exact) mass is 435 g/mol. The Morgan fingerprint density at radius 3 is 2.81 bits per heavy atom. The van der Waals surface area contributed by atoms with E-state index in [1.54, 1.807) is 29.3 Å². The minimum atomic E-state index is -1.06. The molecule has 0 spiro atoms. The number of alkyl halides is 1. The molecule has 8 nitrogen and oxygen atoms in total. The lowest BCUT2D eigenvalue weighted by atomic mass is 10.0. The second kappa shape index (κ2) is 8.30. The van der Waals surface area contributed by atoms with Crippen molar-refractivity contribution in [1.29, 1.82) is 5.26 Å². The molecular weight excluding hydrogens is 413 g/mol. The number of benzene rings is 1. The quantitative estimate of drug-likeness (QED) is 0.611. The zero-order valence-corrected chi connectivity index (χ0v) is 17.7. The summed E-state index contributed by atoms with van der Waals surface area (Å²) in [7, 11) is 0. The highest BCUT2D eigenvalue weighted by Crippen LogP contribution is 2.30. The van der Waals surface area contributed by atoms with Gasteiger partial charge in [0.05, 0.1) is 17.6 Å². The van der Waals surface area contributed by atoms with Crippen LogP contribution in [0.5, 0.6) is 0 Å². The Kier molecular flexibility index (Phi) is 5.53. The van der Waals surface area contributed by atoms with Crippen molar-refractivity contribution in [2.75, 3.05) is 23.4 Å². The van der Waals surface area contributed by atoms with Gasteiger partial charge in [-0.1, -0.05) is 12.1 Å². The maximum Gasteiger partial charge on any atom is 0.337 e. The number of nitrogens with one attached hydrogen (secondary N) is 1. The third kappa shape index (κ3) is 3.54. The molecule has 3 heterocycles. The number of aromatic carboxylic acids is 1. The van der Waals surface area contributed by atoms with E-state index in [9.17, 15) is 24.3 Å². The van der Waals surface area contributed by atoms with Crippen molar-refractivity contribution in [1.82, 2.24) is 9.38 Å². The molecule has 2 aromatic heterocycles. The highest BCUT2D eigenvalue weighted by molar-refractivity contribution is 5.94. The van der Waals surface area contributed by atoms with Gasteiger partial charge in [0.2, 0.25) is 0 Å². The van der Waals surface area contributed by atoms with E-state index < -0.39 is 30.3 Å². The van der Waals surface area contributed by atoms with Crippen LogP contribution >= 0.6 is 0 Å². The number of nitrogens with zero attached hydrogens (tertiary/aromatic N) is 4. The van der Waals surface area contributed by atoms with Crippen LogP contribution in [0.15, 0.2) is 41.3 Å². The molecule has 1 aromatic carbocycles. The molecule has 4 rings (SSSR count). The van der Waals surface area contributed by atoms with Gasteiger partial charge in [0.1, 0.15) is 18.4 Å². The number of nitriles is 1. The van der Waals surface area contributed by atoms with E-state index in [1.807, 2.05) is 26.0 Å².